The Balaban J connectivity index is 1.98. The van der Waals surface area contributed by atoms with Crippen molar-refractivity contribution >= 4 is 5.69 Å². The van der Waals surface area contributed by atoms with Crippen molar-refractivity contribution in [3.8, 4) is 5.75 Å². The van der Waals surface area contributed by atoms with Crippen molar-refractivity contribution in [3.05, 3.63) is 43.0 Å². The number of ether oxygens (including phenoxy) is 1. The molecule has 0 amide bonds. The molecule has 0 aliphatic heterocycles. The van der Waals surface area contributed by atoms with Crippen LogP contribution in [0.15, 0.2) is 43.0 Å². The molecule has 1 aromatic carbocycles. The summed E-state index contributed by atoms with van der Waals surface area (Å²) in [4.78, 5) is 4.07. The molecule has 0 fully saturated rings. The molecular weight excluding hydrogens is 238 g/mol. The molecule has 1 atom stereocenters. The second kappa shape index (κ2) is 6.83. The van der Waals surface area contributed by atoms with Gasteiger partial charge in [0.15, 0.2) is 0 Å². The van der Waals surface area contributed by atoms with Crippen LogP contribution >= 0.6 is 0 Å². The quantitative estimate of drug-likeness (QED) is 0.777. The van der Waals surface area contributed by atoms with Crippen LogP contribution in [0.2, 0.25) is 0 Å². The number of nitrogens with two attached hydrogens (primary N) is 1. The van der Waals surface area contributed by atoms with Crippen LogP contribution in [-0.4, -0.2) is 15.7 Å². The Morgan fingerprint density at radius 3 is 2.74 bits per heavy atom. The second-order valence-electron chi connectivity index (χ2n) is 4.71. The minimum atomic E-state index is 0.165. The van der Waals surface area contributed by atoms with Crippen LogP contribution in [0.1, 0.15) is 26.2 Å². The SMILES string of the molecule is CCCCC(Cn1ccnc1)Oc1ccc(N)cc1. The minimum Gasteiger partial charge on any atom is -0.489 e. The summed E-state index contributed by atoms with van der Waals surface area (Å²) < 4.78 is 8.09. The zero-order valence-electron chi connectivity index (χ0n) is 11.3. The Labute approximate surface area is 114 Å². The zero-order chi connectivity index (χ0) is 13.5. The van der Waals surface area contributed by atoms with Crippen LogP contribution < -0.4 is 10.5 Å². The summed E-state index contributed by atoms with van der Waals surface area (Å²) in [6, 6.07) is 7.57. The lowest BCUT2D eigenvalue weighted by atomic mass is 10.1. The first-order valence-electron chi connectivity index (χ1n) is 6.76. The van der Waals surface area contributed by atoms with E-state index in [1.54, 1.807) is 6.20 Å². The van der Waals surface area contributed by atoms with Gasteiger partial charge in [-0.25, -0.2) is 4.98 Å². The van der Waals surface area contributed by atoms with Gasteiger partial charge in [-0.2, -0.15) is 0 Å². The summed E-state index contributed by atoms with van der Waals surface area (Å²) >= 11 is 0. The smallest absolute Gasteiger partial charge is 0.119 e. The first-order chi connectivity index (χ1) is 9.28. The zero-order valence-corrected chi connectivity index (χ0v) is 11.3. The van der Waals surface area contributed by atoms with E-state index in [0.29, 0.717) is 0 Å². The lowest BCUT2D eigenvalue weighted by molar-refractivity contribution is 0.167. The maximum Gasteiger partial charge on any atom is 0.119 e. The van der Waals surface area contributed by atoms with E-state index in [9.17, 15) is 0 Å². The Morgan fingerprint density at radius 1 is 1.32 bits per heavy atom. The molecule has 4 heteroatoms. The number of anilines is 1. The molecule has 102 valence electrons. The van der Waals surface area contributed by atoms with Gasteiger partial charge >= 0.3 is 0 Å². The topological polar surface area (TPSA) is 53.1 Å². The maximum atomic E-state index is 6.04. The van der Waals surface area contributed by atoms with Gasteiger partial charge in [-0.1, -0.05) is 13.3 Å². The number of hydrogen-bond donors (Lipinski definition) is 1. The van der Waals surface area contributed by atoms with Crippen molar-refractivity contribution in [1.29, 1.82) is 0 Å². The highest BCUT2D eigenvalue weighted by Gasteiger charge is 2.11. The van der Waals surface area contributed by atoms with Crippen molar-refractivity contribution in [3.63, 3.8) is 0 Å². The van der Waals surface area contributed by atoms with E-state index < -0.39 is 0 Å². The number of benzene rings is 1. The highest BCUT2D eigenvalue weighted by molar-refractivity contribution is 5.41. The van der Waals surface area contributed by atoms with E-state index in [4.69, 9.17) is 10.5 Å². The third-order valence-electron chi connectivity index (χ3n) is 3.04. The summed E-state index contributed by atoms with van der Waals surface area (Å²) in [5.41, 5.74) is 6.44. The molecule has 1 unspecified atom stereocenters. The van der Waals surface area contributed by atoms with Crippen molar-refractivity contribution in [1.82, 2.24) is 9.55 Å². The van der Waals surface area contributed by atoms with Crippen LogP contribution in [-0.2, 0) is 6.54 Å². The molecule has 2 rings (SSSR count). The van der Waals surface area contributed by atoms with Crippen molar-refractivity contribution < 1.29 is 4.74 Å². The van der Waals surface area contributed by atoms with E-state index in [1.807, 2.05) is 36.8 Å². The van der Waals surface area contributed by atoms with Gasteiger partial charge in [-0.3, -0.25) is 0 Å². The van der Waals surface area contributed by atoms with Crippen molar-refractivity contribution in [2.24, 2.45) is 0 Å². The third-order valence-corrected chi connectivity index (χ3v) is 3.04. The summed E-state index contributed by atoms with van der Waals surface area (Å²) in [5, 5.41) is 0. The first kappa shape index (κ1) is 13.5. The molecule has 1 aromatic heterocycles. The normalized spacial score (nSPS) is 12.3. The van der Waals surface area contributed by atoms with Gasteiger partial charge < -0.3 is 15.0 Å². The fourth-order valence-corrected chi connectivity index (χ4v) is 1.99. The molecule has 0 saturated carbocycles. The summed E-state index contributed by atoms with van der Waals surface area (Å²) in [6.45, 7) is 3.02. The third kappa shape index (κ3) is 4.32. The van der Waals surface area contributed by atoms with Gasteiger partial charge in [-0.15, -0.1) is 0 Å². The van der Waals surface area contributed by atoms with Gasteiger partial charge in [0.25, 0.3) is 0 Å². The predicted octanol–water partition coefficient (Wildman–Crippen LogP) is 3.10. The Morgan fingerprint density at radius 2 is 2.11 bits per heavy atom. The van der Waals surface area contributed by atoms with Crippen LogP contribution in [0.25, 0.3) is 0 Å². The van der Waals surface area contributed by atoms with Crippen LogP contribution in [0, 0.1) is 0 Å². The maximum absolute atomic E-state index is 6.04. The Kier molecular flexibility index (Phi) is 4.84. The molecule has 4 nitrogen and oxygen atoms in total. The molecule has 2 aromatic rings. The van der Waals surface area contributed by atoms with Gasteiger partial charge in [-0.05, 0) is 37.1 Å². The molecule has 0 aliphatic carbocycles. The number of nitrogen functional groups attached to an aromatic ring is 1. The standard InChI is InChI=1S/C15H21N3O/c1-2-3-4-15(11-18-10-9-17-12-18)19-14-7-5-13(16)6-8-14/h5-10,12,15H,2-4,11,16H2,1H3. The molecule has 0 saturated heterocycles. The van der Waals surface area contributed by atoms with E-state index in [0.717, 1.165) is 30.8 Å². The highest BCUT2D eigenvalue weighted by Crippen LogP contribution is 2.17. The molecule has 0 aliphatic rings. The average Bonchev–Trinajstić information content (AvgIpc) is 2.91. The monoisotopic (exact) mass is 259 g/mol. The van der Waals surface area contributed by atoms with Crippen LogP contribution in [0.4, 0.5) is 5.69 Å². The van der Waals surface area contributed by atoms with E-state index in [1.165, 1.54) is 6.42 Å². The summed E-state index contributed by atoms with van der Waals surface area (Å²) in [6.07, 6.45) is 9.12. The van der Waals surface area contributed by atoms with Gasteiger partial charge in [0.05, 0.1) is 12.9 Å². The highest BCUT2D eigenvalue weighted by atomic mass is 16.5. The summed E-state index contributed by atoms with van der Waals surface area (Å²) in [7, 11) is 0. The molecular formula is C15H21N3O. The molecule has 1 heterocycles. The largest absolute Gasteiger partial charge is 0.489 e. The second-order valence-corrected chi connectivity index (χ2v) is 4.71. The lowest BCUT2D eigenvalue weighted by Gasteiger charge is -2.19. The molecule has 0 bridgehead atoms. The fraction of sp³-hybridized carbons (Fsp3) is 0.400. The van der Waals surface area contributed by atoms with Crippen LogP contribution in [0.3, 0.4) is 0 Å². The number of imidazole rings is 1. The molecule has 19 heavy (non-hydrogen) atoms. The van der Waals surface area contributed by atoms with E-state index >= 15 is 0 Å². The van der Waals surface area contributed by atoms with Crippen LogP contribution in [0.5, 0.6) is 5.75 Å². The number of hydrogen-bond acceptors (Lipinski definition) is 3. The Hall–Kier alpha value is -1.97. The molecule has 0 radical (unpaired) electrons. The van der Waals surface area contributed by atoms with Gasteiger partial charge in [0.1, 0.15) is 11.9 Å². The Bertz CT molecular complexity index is 465. The van der Waals surface area contributed by atoms with Crippen molar-refractivity contribution in [2.45, 2.75) is 38.8 Å². The predicted molar refractivity (Wildman–Crippen MR) is 77.0 cm³/mol. The van der Waals surface area contributed by atoms with Gasteiger partial charge in [0.2, 0.25) is 0 Å². The van der Waals surface area contributed by atoms with E-state index in [2.05, 4.69) is 16.5 Å². The lowest BCUT2D eigenvalue weighted by Crippen LogP contribution is -2.22. The average molecular weight is 259 g/mol. The number of nitrogens with zero attached hydrogens (tertiary/aromatic N) is 2. The number of unbranched alkanes of at least 4 members (excludes halogenated alkanes) is 1. The van der Waals surface area contributed by atoms with E-state index in [-0.39, 0.29) is 6.10 Å². The van der Waals surface area contributed by atoms with Gasteiger partial charge in [0, 0.05) is 18.1 Å². The minimum absolute atomic E-state index is 0.165. The fourth-order valence-electron chi connectivity index (χ4n) is 1.99. The number of aromatic nitrogens is 2. The number of rotatable bonds is 7. The summed E-state index contributed by atoms with van der Waals surface area (Å²) in [5.74, 6) is 0.871. The molecule has 0 spiro atoms. The first-order valence-corrected chi connectivity index (χ1v) is 6.76. The van der Waals surface area contributed by atoms with Crippen molar-refractivity contribution in [2.75, 3.05) is 5.73 Å². The molecule has 2 N–H and O–H groups in total.